The summed E-state index contributed by atoms with van der Waals surface area (Å²) in [5, 5.41) is 2.36. The number of carbonyl (C=O) groups is 1. The second-order valence-corrected chi connectivity index (χ2v) is 5.00. The number of halogens is 3. The van der Waals surface area contributed by atoms with Crippen molar-refractivity contribution in [2.45, 2.75) is 26.3 Å². The average Bonchev–Trinajstić information content (AvgIpc) is 2.33. The Bertz CT molecular complexity index is 454. The molecule has 1 unspecified atom stereocenters. The van der Waals surface area contributed by atoms with Crippen molar-refractivity contribution in [2.75, 3.05) is 5.32 Å². The highest BCUT2D eigenvalue weighted by Gasteiger charge is 2.21. The molecule has 0 fully saturated rings. The molecule has 1 rings (SSSR count). The van der Waals surface area contributed by atoms with Crippen molar-refractivity contribution in [3.63, 3.8) is 0 Å². The smallest absolute Gasteiger partial charge is 0.241 e. The quantitative estimate of drug-likeness (QED) is 0.838. The molecule has 1 aromatic rings. The summed E-state index contributed by atoms with van der Waals surface area (Å²) >= 11 is 2.93. The monoisotopic (exact) mass is 320 g/mol. The van der Waals surface area contributed by atoms with Gasteiger partial charge < -0.3 is 11.1 Å². The van der Waals surface area contributed by atoms with Crippen molar-refractivity contribution >= 4 is 27.5 Å². The van der Waals surface area contributed by atoms with Crippen LogP contribution in [-0.4, -0.2) is 11.9 Å². The number of nitrogens with two attached hydrogens (primary N) is 1. The third-order valence-electron chi connectivity index (χ3n) is 2.83. The summed E-state index contributed by atoms with van der Waals surface area (Å²) in [6, 6.07) is 1.15. The van der Waals surface area contributed by atoms with Crippen molar-refractivity contribution in [2.24, 2.45) is 11.7 Å². The molecule has 18 heavy (non-hydrogen) atoms. The number of hydrogen-bond donors (Lipinski definition) is 2. The standard InChI is InChI=1S/C12H15BrF2N2O/c1-3-6(2)11(16)12(18)17-10-4-7(13)8(14)5-9(10)15/h4-6,11H,3,16H2,1-2H3,(H,17,18)/t6?,11-/m0/s1. The lowest BCUT2D eigenvalue weighted by Gasteiger charge is -2.18. The van der Waals surface area contributed by atoms with Crippen molar-refractivity contribution in [3.05, 3.63) is 28.2 Å². The fourth-order valence-corrected chi connectivity index (χ4v) is 1.69. The summed E-state index contributed by atoms with van der Waals surface area (Å²) in [7, 11) is 0. The molecule has 1 aromatic carbocycles. The molecular weight excluding hydrogens is 306 g/mol. The van der Waals surface area contributed by atoms with Crippen LogP contribution in [0.15, 0.2) is 16.6 Å². The van der Waals surface area contributed by atoms with Gasteiger partial charge in [0.1, 0.15) is 11.6 Å². The van der Waals surface area contributed by atoms with E-state index in [0.717, 1.165) is 6.42 Å². The summed E-state index contributed by atoms with van der Waals surface area (Å²) < 4.78 is 26.5. The maximum atomic E-state index is 13.4. The molecule has 0 spiro atoms. The van der Waals surface area contributed by atoms with Gasteiger partial charge in [0.2, 0.25) is 5.91 Å². The number of anilines is 1. The Morgan fingerprint density at radius 1 is 1.44 bits per heavy atom. The highest BCUT2D eigenvalue weighted by atomic mass is 79.9. The maximum absolute atomic E-state index is 13.4. The maximum Gasteiger partial charge on any atom is 0.241 e. The second-order valence-electron chi connectivity index (χ2n) is 4.15. The van der Waals surface area contributed by atoms with E-state index < -0.39 is 23.6 Å². The zero-order valence-corrected chi connectivity index (χ0v) is 11.7. The van der Waals surface area contributed by atoms with Gasteiger partial charge >= 0.3 is 0 Å². The van der Waals surface area contributed by atoms with Crippen molar-refractivity contribution in [1.82, 2.24) is 0 Å². The van der Waals surface area contributed by atoms with Crippen LogP contribution >= 0.6 is 15.9 Å². The SMILES string of the molecule is CCC(C)[C@H](N)C(=O)Nc1cc(Br)c(F)cc1F. The van der Waals surface area contributed by atoms with Crippen LogP contribution < -0.4 is 11.1 Å². The van der Waals surface area contributed by atoms with E-state index in [2.05, 4.69) is 21.2 Å². The number of amides is 1. The minimum Gasteiger partial charge on any atom is -0.322 e. The van der Waals surface area contributed by atoms with Gasteiger partial charge in [-0.15, -0.1) is 0 Å². The van der Waals surface area contributed by atoms with Crippen LogP contribution in [0.1, 0.15) is 20.3 Å². The first kappa shape index (κ1) is 15.0. The fraction of sp³-hybridized carbons (Fsp3) is 0.417. The Morgan fingerprint density at radius 3 is 2.61 bits per heavy atom. The normalized spacial score (nSPS) is 14.1. The summed E-state index contributed by atoms with van der Waals surface area (Å²) in [6.07, 6.45) is 0.740. The fourth-order valence-electron chi connectivity index (χ4n) is 1.35. The van der Waals surface area contributed by atoms with Gasteiger partial charge in [0.05, 0.1) is 16.2 Å². The van der Waals surface area contributed by atoms with Crippen LogP contribution in [-0.2, 0) is 4.79 Å². The minimum absolute atomic E-state index is 0.0167. The van der Waals surface area contributed by atoms with Crippen LogP contribution in [0, 0.1) is 17.6 Å². The van der Waals surface area contributed by atoms with Gasteiger partial charge in [-0.1, -0.05) is 20.3 Å². The van der Waals surface area contributed by atoms with Crippen molar-refractivity contribution < 1.29 is 13.6 Å². The first-order chi connectivity index (χ1) is 8.36. The second kappa shape index (κ2) is 6.24. The summed E-state index contributed by atoms with van der Waals surface area (Å²) in [5.74, 6) is -2.06. The van der Waals surface area contributed by atoms with E-state index in [1.165, 1.54) is 6.07 Å². The highest BCUT2D eigenvalue weighted by Crippen LogP contribution is 2.24. The molecular formula is C12H15BrF2N2O. The lowest BCUT2D eigenvalue weighted by Crippen LogP contribution is -2.40. The molecule has 0 aliphatic rings. The lowest BCUT2D eigenvalue weighted by atomic mass is 9.99. The summed E-state index contributed by atoms with van der Waals surface area (Å²) in [4.78, 5) is 11.7. The first-order valence-corrected chi connectivity index (χ1v) is 6.37. The van der Waals surface area contributed by atoms with Crippen LogP contribution in [0.25, 0.3) is 0 Å². The average molecular weight is 321 g/mol. The van der Waals surface area contributed by atoms with Gasteiger partial charge in [-0.05, 0) is 27.9 Å². The number of rotatable bonds is 4. The molecule has 1 amide bonds. The molecule has 0 heterocycles. The summed E-state index contributed by atoms with van der Waals surface area (Å²) in [5.41, 5.74) is 5.63. The van der Waals surface area contributed by atoms with Crippen molar-refractivity contribution in [1.29, 1.82) is 0 Å². The summed E-state index contributed by atoms with van der Waals surface area (Å²) in [6.45, 7) is 3.74. The Kier molecular flexibility index (Phi) is 5.22. The molecule has 0 bridgehead atoms. The largest absolute Gasteiger partial charge is 0.322 e. The highest BCUT2D eigenvalue weighted by molar-refractivity contribution is 9.10. The molecule has 2 atom stereocenters. The van der Waals surface area contributed by atoms with Gasteiger partial charge in [0.15, 0.2) is 0 Å². The molecule has 0 aliphatic carbocycles. The van der Waals surface area contributed by atoms with Crippen LogP contribution in [0.4, 0.5) is 14.5 Å². The van der Waals surface area contributed by atoms with Crippen LogP contribution in [0.5, 0.6) is 0 Å². The molecule has 0 saturated carbocycles. The van der Waals surface area contributed by atoms with E-state index >= 15 is 0 Å². The van der Waals surface area contributed by atoms with Crippen LogP contribution in [0.3, 0.4) is 0 Å². The third-order valence-corrected chi connectivity index (χ3v) is 3.44. The first-order valence-electron chi connectivity index (χ1n) is 5.57. The molecule has 0 radical (unpaired) electrons. The minimum atomic E-state index is -0.833. The van der Waals surface area contributed by atoms with Gasteiger partial charge in [-0.3, -0.25) is 4.79 Å². The number of benzene rings is 1. The Labute approximate surface area is 113 Å². The van der Waals surface area contributed by atoms with Crippen molar-refractivity contribution in [3.8, 4) is 0 Å². The molecule has 0 saturated heterocycles. The van der Waals surface area contributed by atoms with E-state index in [1.807, 2.05) is 13.8 Å². The molecule has 3 N–H and O–H groups in total. The van der Waals surface area contributed by atoms with E-state index in [1.54, 1.807) is 0 Å². The molecule has 0 aromatic heterocycles. The Balaban J connectivity index is 2.85. The molecule has 0 aliphatic heterocycles. The van der Waals surface area contributed by atoms with E-state index in [9.17, 15) is 13.6 Å². The number of nitrogens with one attached hydrogen (secondary N) is 1. The molecule has 3 nitrogen and oxygen atoms in total. The Hall–Kier alpha value is -1.01. The lowest BCUT2D eigenvalue weighted by molar-refractivity contribution is -0.118. The third kappa shape index (κ3) is 3.49. The van der Waals surface area contributed by atoms with Gasteiger partial charge in [-0.2, -0.15) is 0 Å². The van der Waals surface area contributed by atoms with Crippen LogP contribution in [0.2, 0.25) is 0 Å². The zero-order valence-electron chi connectivity index (χ0n) is 10.1. The van der Waals surface area contributed by atoms with E-state index in [4.69, 9.17) is 5.73 Å². The topological polar surface area (TPSA) is 55.1 Å². The predicted octanol–water partition coefficient (Wildman–Crippen LogP) is 3.04. The van der Waals surface area contributed by atoms with E-state index in [0.29, 0.717) is 6.07 Å². The Morgan fingerprint density at radius 2 is 2.06 bits per heavy atom. The predicted molar refractivity (Wildman–Crippen MR) is 70.1 cm³/mol. The number of carbonyl (C=O) groups excluding carboxylic acids is 1. The van der Waals surface area contributed by atoms with E-state index in [-0.39, 0.29) is 16.1 Å². The van der Waals surface area contributed by atoms with Gasteiger partial charge in [-0.25, -0.2) is 8.78 Å². The number of hydrogen-bond acceptors (Lipinski definition) is 2. The van der Waals surface area contributed by atoms with Gasteiger partial charge in [0.25, 0.3) is 0 Å². The zero-order chi connectivity index (χ0) is 13.9. The van der Waals surface area contributed by atoms with Gasteiger partial charge in [0, 0.05) is 6.07 Å². The molecule has 100 valence electrons. The molecule has 6 heteroatoms.